The maximum Gasteiger partial charge on any atom is 0.141 e. The second-order valence-corrected chi connectivity index (χ2v) is 15.6. The van der Waals surface area contributed by atoms with Gasteiger partial charge in [0.05, 0.1) is 30.0 Å². The fourth-order valence-corrected chi connectivity index (χ4v) is 9.65. The molecule has 9 rings (SSSR count). The van der Waals surface area contributed by atoms with Gasteiger partial charge >= 0.3 is 0 Å². The van der Waals surface area contributed by atoms with Gasteiger partial charge in [-0.25, -0.2) is 9.67 Å². The molecule has 0 N–H and O–H groups in total. The van der Waals surface area contributed by atoms with Crippen LogP contribution in [0.15, 0.2) is 97.5 Å². The number of ether oxygens (including phenoxy) is 2. The molecule has 0 atom stereocenters. The van der Waals surface area contributed by atoms with Crippen molar-refractivity contribution in [2.24, 2.45) is 0 Å². The van der Waals surface area contributed by atoms with Crippen molar-refractivity contribution >= 4 is 21.8 Å². The predicted molar refractivity (Wildman–Crippen MR) is 220 cm³/mol. The zero-order valence-electron chi connectivity index (χ0n) is 32.1. The molecule has 2 aliphatic rings. The zero-order valence-corrected chi connectivity index (χ0v) is 32.1. The zero-order chi connectivity index (χ0) is 36.8. The lowest BCUT2D eigenvalue weighted by Crippen LogP contribution is -2.15. The average Bonchev–Trinajstić information content (AvgIpc) is 3.84. The summed E-state index contributed by atoms with van der Waals surface area (Å²) in [5.74, 6) is 4.32. The van der Waals surface area contributed by atoms with Crippen molar-refractivity contribution in [1.82, 2.24) is 19.3 Å². The van der Waals surface area contributed by atoms with Crippen LogP contribution in [-0.4, -0.2) is 26.4 Å². The Morgan fingerprint density at radius 1 is 0.630 bits per heavy atom. The van der Waals surface area contributed by atoms with Crippen LogP contribution in [0, 0.1) is 20.8 Å². The van der Waals surface area contributed by atoms with E-state index >= 15 is 0 Å². The van der Waals surface area contributed by atoms with Crippen LogP contribution < -0.4 is 9.47 Å². The van der Waals surface area contributed by atoms with Crippen molar-refractivity contribution in [2.75, 3.05) is 7.11 Å². The van der Waals surface area contributed by atoms with E-state index in [1.165, 1.54) is 92.0 Å². The van der Waals surface area contributed by atoms with Gasteiger partial charge in [0.15, 0.2) is 0 Å². The highest BCUT2D eigenvalue weighted by Gasteiger charge is 2.30. The van der Waals surface area contributed by atoms with E-state index in [1.54, 1.807) is 24.4 Å². The Kier molecular flexibility index (Phi) is 9.22. The summed E-state index contributed by atoms with van der Waals surface area (Å²) in [4.78, 5) is 4.72. The van der Waals surface area contributed by atoms with Gasteiger partial charge in [-0.05, 0) is 128 Å². The lowest BCUT2D eigenvalue weighted by Gasteiger charge is -2.33. The molecule has 2 aliphatic carbocycles. The number of benzene rings is 4. The highest BCUT2D eigenvalue weighted by atomic mass is 16.5. The third-order valence-corrected chi connectivity index (χ3v) is 12.5. The molecule has 0 saturated heterocycles. The lowest BCUT2D eigenvalue weighted by atomic mass is 9.71. The fourth-order valence-electron chi connectivity index (χ4n) is 9.65. The third kappa shape index (κ3) is 6.15. The van der Waals surface area contributed by atoms with Gasteiger partial charge in [-0.1, -0.05) is 62.8 Å². The van der Waals surface area contributed by atoms with E-state index in [0.717, 1.165) is 50.6 Å². The van der Waals surface area contributed by atoms with Crippen LogP contribution in [0.5, 0.6) is 17.2 Å². The van der Waals surface area contributed by atoms with Gasteiger partial charge in [-0.2, -0.15) is 5.10 Å². The summed E-state index contributed by atoms with van der Waals surface area (Å²) in [5.41, 5.74) is 13.5. The molecule has 7 aromatic rings. The Morgan fingerprint density at radius 2 is 1.31 bits per heavy atom. The van der Waals surface area contributed by atoms with Crippen LogP contribution in [-0.2, 0) is 0 Å². The molecule has 0 bridgehead atoms. The molecule has 0 spiro atoms. The number of rotatable bonds is 8. The Morgan fingerprint density at radius 3 is 2.04 bits per heavy atom. The van der Waals surface area contributed by atoms with Crippen LogP contribution in [0.2, 0.25) is 0 Å². The SMILES string of the molecule is COc1ccnc(-n2c3ccccc3c3ccc(Oc4cccc(-n5cc(-c6c(C7CCCCC7)c(C)c(C)c(C)c6C6CCCCC6)cn5)c4)cc32)c1. The molecular formula is C48H50N4O2. The third-order valence-electron chi connectivity index (χ3n) is 12.5. The standard InChI is InChI=1S/C48H50N4O2/c1-31-32(2)46(34-14-7-5-8-15-34)48(47(33(31)3)35-16-9-6-10-17-35)36-29-50-51(30-36)37-18-13-19-39(26-37)54-40-22-23-42-41-20-11-12-21-43(41)52(44(42)27-40)45-28-38(53-4)24-25-49-45/h11-13,18-30,34-35H,5-10,14-17H2,1-4H3. The van der Waals surface area contributed by atoms with Gasteiger partial charge < -0.3 is 9.47 Å². The molecule has 0 aliphatic heterocycles. The van der Waals surface area contributed by atoms with Crippen LogP contribution in [0.3, 0.4) is 0 Å². The first-order valence-electron chi connectivity index (χ1n) is 20.0. The van der Waals surface area contributed by atoms with Crippen LogP contribution >= 0.6 is 0 Å². The summed E-state index contributed by atoms with van der Waals surface area (Å²) < 4.78 is 16.4. The minimum Gasteiger partial charge on any atom is -0.497 e. The summed E-state index contributed by atoms with van der Waals surface area (Å²) in [6.45, 7) is 7.14. The van der Waals surface area contributed by atoms with E-state index in [0.29, 0.717) is 11.8 Å². The molecule has 2 saturated carbocycles. The van der Waals surface area contributed by atoms with E-state index < -0.39 is 0 Å². The summed E-state index contributed by atoms with van der Waals surface area (Å²) >= 11 is 0. The number of para-hydroxylation sites is 1. The van der Waals surface area contributed by atoms with Gasteiger partial charge in [0.25, 0.3) is 0 Å². The molecule has 2 fully saturated rings. The first kappa shape index (κ1) is 34.4. The summed E-state index contributed by atoms with van der Waals surface area (Å²) in [7, 11) is 1.68. The number of pyridine rings is 1. The van der Waals surface area contributed by atoms with E-state index in [-0.39, 0.29) is 0 Å². The second-order valence-electron chi connectivity index (χ2n) is 15.6. The Balaban J connectivity index is 1.09. The maximum absolute atomic E-state index is 6.61. The van der Waals surface area contributed by atoms with E-state index in [4.69, 9.17) is 19.6 Å². The number of methoxy groups -OCH3 is 1. The van der Waals surface area contributed by atoms with Crippen molar-refractivity contribution in [3.05, 3.63) is 125 Å². The maximum atomic E-state index is 6.61. The molecular weight excluding hydrogens is 665 g/mol. The highest BCUT2D eigenvalue weighted by Crippen LogP contribution is 2.48. The predicted octanol–water partition coefficient (Wildman–Crippen LogP) is 12.9. The van der Waals surface area contributed by atoms with Crippen LogP contribution in [0.4, 0.5) is 0 Å². The van der Waals surface area contributed by atoms with Crippen molar-refractivity contribution in [3.8, 4) is 39.9 Å². The Hall–Kier alpha value is -5.36. The Bertz CT molecular complexity index is 2430. The first-order chi connectivity index (χ1) is 26.5. The molecule has 274 valence electrons. The average molecular weight is 715 g/mol. The summed E-state index contributed by atoms with van der Waals surface area (Å²) in [6, 6.07) is 26.9. The number of aromatic nitrogens is 4. The summed E-state index contributed by atoms with van der Waals surface area (Å²) in [5, 5.41) is 7.34. The highest BCUT2D eigenvalue weighted by molar-refractivity contribution is 6.09. The smallest absolute Gasteiger partial charge is 0.141 e. The normalized spacial score (nSPS) is 15.6. The van der Waals surface area contributed by atoms with Gasteiger partial charge in [-0.15, -0.1) is 0 Å². The first-order valence-corrected chi connectivity index (χ1v) is 20.0. The minimum atomic E-state index is 0.617. The fraction of sp³-hybridized carbons (Fsp3) is 0.333. The molecule has 0 unspecified atom stereocenters. The molecule has 54 heavy (non-hydrogen) atoms. The number of hydrogen-bond donors (Lipinski definition) is 0. The molecule has 0 amide bonds. The van der Waals surface area contributed by atoms with Crippen molar-refractivity contribution < 1.29 is 9.47 Å². The van der Waals surface area contributed by atoms with E-state index in [2.05, 4.69) is 98.4 Å². The van der Waals surface area contributed by atoms with Crippen molar-refractivity contribution in [2.45, 2.75) is 96.8 Å². The van der Waals surface area contributed by atoms with Gasteiger partial charge in [0.1, 0.15) is 23.1 Å². The Labute approximate surface area is 318 Å². The monoisotopic (exact) mass is 714 g/mol. The lowest BCUT2D eigenvalue weighted by molar-refractivity contribution is 0.414. The quantitative estimate of drug-likeness (QED) is 0.157. The molecule has 3 aromatic heterocycles. The topological polar surface area (TPSA) is 54.1 Å². The number of hydrogen-bond acceptors (Lipinski definition) is 4. The minimum absolute atomic E-state index is 0.617. The number of fused-ring (bicyclic) bond motifs is 3. The molecule has 3 heterocycles. The van der Waals surface area contributed by atoms with Gasteiger partial charge in [0, 0.05) is 46.9 Å². The molecule has 6 nitrogen and oxygen atoms in total. The molecule has 0 radical (unpaired) electrons. The van der Waals surface area contributed by atoms with Crippen LogP contribution in [0.25, 0.3) is 44.4 Å². The van der Waals surface area contributed by atoms with Gasteiger partial charge in [0.2, 0.25) is 0 Å². The molecule has 6 heteroatoms. The van der Waals surface area contributed by atoms with Crippen LogP contribution in [0.1, 0.15) is 104 Å². The van der Waals surface area contributed by atoms with Crippen molar-refractivity contribution in [3.63, 3.8) is 0 Å². The van der Waals surface area contributed by atoms with E-state index in [1.807, 2.05) is 22.9 Å². The number of nitrogens with zero attached hydrogens (tertiary/aromatic N) is 4. The van der Waals surface area contributed by atoms with Crippen molar-refractivity contribution in [1.29, 1.82) is 0 Å². The molecule has 4 aromatic carbocycles. The van der Waals surface area contributed by atoms with E-state index in [9.17, 15) is 0 Å². The summed E-state index contributed by atoms with van der Waals surface area (Å²) in [6.07, 6.45) is 19.4. The second kappa shape index (κ2) is 14.5. The largest absolute Gasteiger partial charge is 0.497 e. The van der Waals surface area contributed by atoms with Gasteiger partial charge in [-0.3, -0.25) is 4.57 Å².